The highest BCUT2D eigenvalue weighted by molar-refractivity contribution is 7.17. The standard InChI is InChI=1S/C16H23N3OS/c1-11(12-6-4-2-3-5-7-12)17-10-14-18-13-8-9-21-15(13)16(20)19-14/h8-9,11-12,17H,2-7,10H2,1H3,(H,18,19,20)/t11-/m1/s1. The Hall–Kier alpha value is -1.20. The van der Waals surface area contributed by atoms with Gasteiger partial charge < -0.3 is 10.3 Å². The average molecular weight is 305 g/mol. The first-order chi connectivity index (χ1) is 10.2. The fourth-order valence-corrected chi connectivity index (χ4v) is 3.97. The molecule has 114 valence electrons. The van der Waals surface area contributed by atoms with E-state index in [1.807, 2.05) is 11.4 Å². The molecule has 5 heteroatoms. The van der Waals surface area contributed by atoms with Crippen molar-refractivity contribution in [1.82, 2.24) is 15.3 Å². The molecule has 1 fully saturated rings. The van der Waals surface area contributed by atoms with Crippen LogP contribution in [0.2, 0.25) is 0 Å². The second kappa shape index (κ2) is 6.71. The molecule has 1 atom stereocenters. The minimum absolute atomic E-state index is 0.0195. The van der Waals surface area contributed by atoms with Crippen LogP contribution in [0.1, 0.15) is 51.3 Å². The van der Waals surface area contributed by atoms with E-state index in [2.05, 4.69) is 22.2 Å². The second-order valence-corrected chi connectivity index (χ2v) is 6.98. The van der Waals surface area contributed by atoms with Crippen LogP contribution in [0.3, 0.4) is 0 Å². The van der Waals surface area contributed by atoms with Gasteiger partial charge in [-0.05, 0) is 37.1 Å². The van der Waals surface area contributed by atoms with Gasteiger partial charge in [-0.3, -0.25) is 4.79 Å². The first-order valence-corrected chi connectivity index (χ1v) is 8.82. The number of hydrogen-bond acceptors (Lipinski definition) is 4. The van der Waals surface area contributed by atoms with Gasteiger partial charge in [-0.25, -0.2) is 4.98 Å². The topological polar surface area (TPSA) is 57.8 Å². The van der Waals surface area contributed by atoms with E-state index in [9.17, 15) is 4.79 Å². The SMILES string of the molecule is C[C@@H](NCc1nc2ccsc2c(=O)[nH]1)C1CCCCCC1. The Morgan fingerprint density at radius 3 is 2.90 bits per heavy atom. The number of hydrogen-bond donors (Lipinski definition) is 2. The van der Waals surface area contributed by atoms with E-state index in [1.54, 1.807) is 0 Å². The first-order valence-electron chi connectivity index (χ1n) is 7.94. The van der Waals surface area contributed by atoms with E-state index >= 15 is 0 Å². The summed E-state index contributed by atoms with van der Waals surface area (Å²) in [7, 11) is 0. The van der Waals surface area contributed by atoms with E-state index < -0.39 is 0 Å². The summed E-state index contributed by atoms with van der Waals surface area (Å²) < 4.78 is 0.718. The Labute approximate surface area is 129 Å². The fourth-order valence-electron chi connectivity index (χ4n) is 3.24. The van der Waals surface area contributed by atoms with Gasteiger partial charge in [-0.1, -0.05) is 25.7 Å². The largest absolute Gasteiger partial charge is 0.308 e. The minimum Gasteiger partial charge on any atom is -0.308 e. The van der Waals surface area contributed by atoms with Gasteiger partial charge in [0.15, 0.2) is 0 Å². The molecule has 0 radical (unpaired) electrons. The van der Waals surface area contributed by atoms with Gasteiger partial charge in [0.05, 0.1) is 12.1 Å². The maximum atomic E-state index is 11.9. The Morgan fingerprint density at radius 2 is 2.14 bits per heavy atom. The van der Waals surface area contributed by atoms with Gasteiger partial charge in [0, 0.05) is 6.04 Å². The van der Waals surface area contributed by atoms with Crippen molar-refractivity contribution in [2.45, 2.75) is 58.0 Å². The molecule has 0 unspecified atom stereocenters. The molecule has 1 aliphatic carbocycles. The summed E-state index contributed by atoms with van der Waals surface area (Å²) >= 11 is 1.45. The number of fused-ring (bicyclic) bond motifs is 1. The maximum Gasteiger partial charge on any atom is 0.268 e. The van der Waals surface area contributed by atoms with Crippen LogP contribution < -0.4 is 10.9 Å². The Kier molecular flexibility index (Phi) is 4.70. The third kappa shape index (κ3) is 3.52. The molecule has 0 aromatic carbocycles. The smallest absolute Gasteiger partial charge is 0.268 e. The summed E-state index contributed by atoms with van der Waals surface area (Å²) in [5, 5.41) is 5.47. The van der Waals surface area contributed by atoms with Crippen LogP contribution in [0, 0.1) is 5.92 Å². The molecule has 0 aliphatic heterocycles. The fraction of sp³-hybridized carbons (Fsp3) is 0.625. The van der Waals surface area contributed by atoms with Crippen molar-refractivity contribution in [2.75, 3.05) is 0 Å². The molecule has 2 heterocycles. The van der Waals surface area contributed by atoms with Crippen molar-refractivity contribution in [2.24, 2.45) is 5.92 Å². The molecule has 0 amide bonds. The molecular formula is C16H23N3OS. The van der Waals surface area contributed by atoms with Gasteiger partial charge in [-0.15, -0.1) is 11.3 Å². The van der Waals surface area contributed by atoms with Crippen LogP contribution in [0.25, 0.3) is 10.2 Å². The lowest BCUT2D eigenvalue weighted by Gasteiger charge is -2.23. The third-order valence-electron chi connectivity index (χ3n) is 4.56. The molecule has 4 nitrogen and oxygen atoms in total. The molecule has 2 aromatic heterocycles. The third-order valence-corrected chi connectivity index (χ3v) is 5.46. The normalized spacial score (nSPS) is 18.7. The number of aromatic nitrogens is 2. The van der Waals surface area contributed by atoms with Gasteiger partial charge in [-0.2, -0.15) is 0 Å². The number of aromatic amines is 1. The van der Waals surface area contributed by atoms with Crippen LogP contribution in [0.5, 0.6) is 0 Å². The zero-order valence-corrected chi connectivity index (χ0v) is 13.3. The number of H-pyrrole nitrogens is 1. The summed E-state index contributed by atoms with van der Waals surface area (Å²) in [4.78, 5) is 19.4. The lowest BCUT2D eigenvalue weighted by Crippen LogP contribution is -2.34. The molecule has 0 bridgehead atoms. The van der Waals surface area contributed by atoms with Crippen molar-refractivity contribution in [1.29, 1.82) is 0 Å². The first kappa shape index (κ1) is 14.7. The number of thiophene rings is 1. The minimum atomic E-state index is -0.0195. The Balaban J connectivity index is 1.63. The van der Waals surface area contributed by atoms with Gasteiger partial charge in [0.25, 0.3) is 5.56 Å². The van der Waals surface area contributed by atoms with E-state index in [-0.39, 0.29) is 5.56 Å². The molecule has 3 rings (SSSR count). The maximum absolute atomic E-state index is 11.9. The molecule has 0 spiro atoms. The quantitative estimate of drug-likeness (QED) is 0.851. The van der Waals surface area contributed by atoms with E-state index in [0.29, 0.717) is 12.6 Å². The highest BCUT2D eigenvalue weighted by Gasteiger charge is 2.18. The second-order valence-electron chi connectivity index (χ2n) is 6.07. The summed E-state index contributed by atoms with van der Waals surface area (Å²) in [6, 6.07) is 2.39. The molecule has 1 saturated carbocycles. The van der Waals surface area contributed by atoms with E-state index in [4.69, 9.17) is 0 Å². The highest BCUT2D eigenvalue weighted by Crippen LogP contribution is 2.25. The number of nitrogens with zero attached hydrogens (tertiary/aromatic N) is 1. The molecular weight excluding hydrogens is 282 g/mol. The lowest BCUT2D eigenvalue weighted by atomic mass is 9.93. The van der Waals surface area contributed by atoms with Crippen molar-refractivity contribution >= 4 is 21.6 Å². The molecule has 0 saturated heterocycles. The van der Waals surface area contributed by atoms with Crippen LogP contribution >= 0.6 is 11.3 Å². The van der Waals surface area contributed by atoms with Crippen molar-refractivity contribution in [3.63, 3.8) is 0 Å². The zero-order chi connectivity index (χ0) is 14.7. The predicted octanol–water partition coefficient (Wildman–Crippen LogP) is 3.43. The Bertz CT molecular complexity index is 640. The summed E-state index contributed by atoms with van der Waals surface area (Å²) in [5.41, 5.74) is 0.789. The van der Waals surface area contributed by atoms with Crippen molar-refractivity contribution in [3.05, 3.63) is 27.6 Å². The highest BCUT2D eigenvalue weighted by atomic mass is 32.1. The summed E-state index contributed by atoms with van der Waals surface area (Å²) in [5.74, 6) is 1.50. The van der Waals surface area contributed by atoms with Gasteiger partial charge >= 0.3 is 0 Å². The predicted molar refractivity (Wildman–Crippen MR) is 87.7 cm³/mol. The van der Waals surface area contributed by atoms with Crippen molar-refractivity contribution in [3.8, 4) is 0 Å². The summed E-state index contributed by atoms with van der Waals surface area (Å²) in [6.45, 7) is 2.90. The monoisotopic (exact) mass is 305 g/mol. The van der Waals surface area contributed by atoms with E-state index in [0.717, 1.165) is 22.0 Å². The van der Waals surface area contributed by atoms with Gasteiger partial charge in [0.1, 0.15) is 10.5 Å². The van der Waals surface area contributed by atoms with Crippen LogP contribution in [0.4, 0.5) is 0 Å². The van der Waals surface area contributed by atoms with Crippen molar-refractivity contribution < 1.29 is 0 Å². The Morgan fingerprint density at radius 1 is 1.38 bits per heavy atom. The molecule has 2 N–H and O–H groups in total. The molecule has 2 aromatic rings. The number of nitrogens with one attached hydrogen (secondary N) is 2. The lowest BCUT2D eigenvalue weighted by molar-refractivity contribution is 0.334. The van der Waals surface area contributed by atoms with E-state index in [1.165, 1.54) is 49.9 Å². The van der Waals surface area contributed by atoms with Crippen LogP contribution in [-0.2, 0) is 6.54 Å². The summed E-state index contributed by atoms with van der Waals surface area (Å²) in [6.07, 6.45) is 8.11. The van der Waals surface area contributed by atoms with Gasteiger partial charge in [0.2, 0.25) is 0 Å². The average Bonchev–Trinajstić information content (AvgIpc) is 2.79. The number of rotatable bonds is 4. The van der Waals surface area contributed by atoms with Crippen LogP contribution in [-0.4, -0.2) is 16.0 Å². The zero-order valence-electron chi connectivity index (χ0n) is 12.5. The molecule has 1 aliphatic rings. The van der Waals surface area contributed by atoms with Crippen LogP contribution in [0.15, 0.2) is 16.2 Å². The molecule has 21 heavy (non-hydrogen) atoms.